The minimum atomic E-state index is -5.24. The van der Waals surface area contributed by atoms with Crippen LogP contribution in [0.1, 0.15) is 33.4 Å². The summed E-state index contributed by atoms with van der Waals surface area (Å²) in [7, 11) is 0. The van der Waals surface area contributed by atoms with Crippen molar-refractivity contribution in [3.05, 3.63) is 142 Å². The van der Waals surface area contributed by atoms with Crippen LogP contribution < -0.4 is 9.80 Å². The van der Waals surface area contributed by atoms with Crippen molar-refractivity contribution >= 4 is 58.4 Å². The van der Waals surface area contributed by atoms with E-state index in [-0.39, 0.29) is 22.7 Å². The van der Waals surface area contributed by atoms with Crippen molar-refractivity contribution in [2.45, 2.75) is 6.18 Å². The number of halogens is 5. The van der Waals surface area contributed by atoms with Crippen molar-refractivity contribution in [3.63, 3.8) is 0 Å². The van der Waals surface area contributed by atoms with Gasteiger partial charge in [-0.3, -0.25) is 0 Å². The lowest BCUT2D eigenvalue weighted by Crippen LogP contribution is -2.26. The highest BCUT2D eigenvalue weighted by molar-refractivity contribution is 5.99. The van der Waals surface area contributed by atoms with Gasteiger partial charge in [0.1, 0.15) is 17.2 Å². The molecule has 8 heteroatoms. The fraction of sp³-hybridized carbons (Fsp3) is 0.0278. The van der Waals surface area contributed by atoms with Crippen molar-refractivity contribution in [1.29, 1.82) is 5.26 Å². The van der Waals surface area contributed by atoms with Gasteiger partial charge in [0, 0.05) is 0 Å². The predicted octanol–water partition coefficient (Wildman–Crippen LogP) is 10.8. The van der Waals surface area contributed by atoms with Crippen LogP contribution in [0.4, 0.5) is 56.1 Å². The van der Waals surface area contributed by atoms with Gasteiger partial charge in [-0.25, -0.2) is 8.78 Å². The van der Waals surface area contributed by atoms with Crippen molar-refractivity contribution < 1.29 is 22.0 Å². The number of para-hydroxylation sites is 4. The van der Waals surface area contributed by atoms with Crippen LogP contribution in [0.15, 0.2) is 97.1 Å². The van der Waals surface area contributed by atoms with Gasteiger partial charge in [0.05, 0.1) is 34.1 Å². The van der Waals surface area contributed by atoms with Crippen LogP contribution >= 0.6 is 0 Å². The van der Waals surface area contributed by atoms with Crippen LogP contribution in [0.25, 0.3) is 24.3 Å². The van der Waals surface area contributed by atoms with Crippen molar-refractivity contribution in [3.8, 4) is 6.07 Å². The van der Waals surface area contributed by atoms with E-state index in [4.69, 9.17) is 0 Å². The first-order chi connectivity index (χ1) is 21.3. The van der Waals surface area contributed by atoms with Gasteiger partial charge in [-0.15, -0.1) is 0 Å². The molecule has 0 aliphatic carbocycles. The van der Waals surface area contributed by atoms with Crippen LogP contribution in [-0.4, -0.2) is 0 Å². The van der Waals surface area contributed by atoms with Gasteiger partial charge in [0.15, 0.2) is 11.6 Å². The lowest BCUT2D eigenvalue weighted by molar-refractivity contribution is -0.136. The highest BCUT2D eigenvalue weighted by atomic mass is 19.4. The van der Waals surface area contributed by atoms with Crippen LogP contribution in [0, 0.1) is 23.0 Å². The molecule has 0 N–H and O–H groups in total. The summed E-state index contributed by atoms with van der Waals surface area (Å²) in [4.78, 5) is 2.32. The summed E-state index contributed by atoms with van der Waals surface area (Å²) < 4.78 is 79.7. The van der Waals surface area contributed by atoms with Gasteiger partial charge in [0.25, 0.3) is 0 Å². The lowest BCUT2D eigenvalue weighted by Gasteiger charge is -2.35. The Morgan fingerprint density at radius 2 is 0.841 bits per heavy atom. The van der Waals surface area contributed by atoms with E-state index in [1.165, 1.54) is 4.90 Å². The second-order valence-electron chi connectivity index (χ2n) is 10.3. The molecular weight excluding hydrogens is 569 g/mol. The molecule has 0 amide bonds. The number of alkyl halides is 3. The summed E-state index contributed by atoms with van der Waals surface area (Å²) in [5.41, 5.74) is -1.36. The first-order valence-corrected chi connectivity index (χ1v) is 13.6. The highest BCUT2D eigenvalue weighted by Crippen LogP contribution is 2.55. The molecule has 0 fully saturated rings. The second kappa shape index (κ2) is 10.2. The van der Waals surface area contributed by atoms with E-state index in [2.05, 4.69) is 0 Å². The van der Waals surface area contributed by atoms with E-state index in [1.807, 2.05) is 0 Å². The molecule has 2 heterocycles. The van der Waals surface area contributed by atoms with E-state index in [9.17, 15) is 5.26 Å². The van der Waals surface area contributed by atoms with Crippen LogP contribution in [0.2, 0.25) is 0 Å². The maximum atomic E-state index is 16.4. The molecule has 0 spiro atoms. The van der Waals surface area contributed by atoms with Crippen LogP contribution in [-0.2, 0) is 6.18 Å². The van der Waals surface area contributed by atoms with Crippen molar-refractivity contribution in [2.24, 2.45) is 0 Å². The highest BCUT2D eigenvalue weighted by Gasteiger charge is 2.46. The van der Waals surface area contributed by atoms with Gasteiger partial charge >= 0.3 is 6.18 Å². The zero-order valence-corrected chi connectivity index (χ0v) is 22.8. The van der Waals surface area contributed by atoms with Crippen molar-refractivity contribution in [2.75, 3.05) is 9.80 Å². The molecule has 3 nitrogen and oxygen atoms in total. The van der Waals surface area contributed by atoms with E-state index in [0.717, 1.165) is 4.90 Å². The third kappa shape index (κ3) is 4.16. The van der Waals surface area contributed by atoms with Gasteiger partial charge < -0.3 is 9.80 Å². The maximum Gasteiger partial charge on any atom is 0.420 e. The molecule has 44 heavy (non-hydrogen) atoms. The Morgan fingerprint density at radius 1 is 0.500 bits per heavy atom. The van der Waals surface area contributed by atoms with Gasteiger partial charge in [-0.05, 0) is 46.5 Å². The number of benzene rings is 5. The average Bonchev–Trinajstić information content (AvgIpc) is 3.30. The molecular formula is C36H20F5N3. The maximum absolute atomic E-state index is 16.4. The monoisotopic (exact) mass is 589 g/mol. The van der Waals surface area contributed by atoms with E-state index in [1.54, 1.807) is 127 Å². The molecule has 2 aliphatic rings. The lowest BCUT2D eigenvalue weighted by atomic mass is 9.97. The number of hydrogen-bond acceptors (Lipinski definition) is 3. The summed E-state index contributed by atoms with van der Waals surface area (Å²) in [5.74, 6) is -3.46. The summed E-state index contributed by atoms with van der Waals surface area (Å²) in [6.07, 6.45) is 1.67. The van der Waals surface area contributed by atoms with Crippen LogP contribution in [0.5, 0.6) is 0 Å². The summed E-state index contributed by atoms with van der Waals surface area (Å²) in [5, 5.41) is 10.2. The number of hydrogen-bond donors (Lipinski definition) is 0. The molecule has 0 aromatic heterocycles. The third-order valence-electron chi connectivity index (χ3n) is 7.77. The number of nitriles is 1. The minimum absolute atomic E-state index is 0.214. The Bertz CT molecular complexity index is 1970. The summed E-state index contributed by atoms with van der Waals surface area (Å²) in [6.45, 7) is 0. The zero-order valence-electron chi connectivity index (χ0n) is 22.8. The molecule has 0 atom stereocenters. The molecule has 0 radical (unpaired) electrons. The predicted molar refractivity (Wildman–Crippen MR) is 163 cm³/mol. The number of nitrogens with zero attached hydrogens (tertiary/aromatic N) is 3. The van der Waals surface area contributed by atoms with Crippen molar-refractivity contribution in [1.82, 2.24) is 0 Å². The fourth-order valence-electron chi connectivity index (χ4n) is 5.90. The Balaban J connectivity index is 1.67. The van der Waals surface area contributed by atoms with Gasteiger partial charge in [-0.2, -0.15) is 18.4 Å². The minimum Gasteiger partial charge on any atom is -0.307 e. The Kier molecular flexibility index (Phi) is 6.33. The molecule has 7 rings (SSSR count). The molecule has 0 saturated carbocycles. The topological polar surface area (TPSA) is 30.3 Å². The SMILES string of the molecule is N#Cc1c(F)c(F)c(N2c3ccccc3C=Cc3ccccc32)c(C(F)(F)F)c1N1c2ccccc2C=Cc2ccccc21. The Labute approximate surface area is 249 Å². The summed E-state index contributed by atoms with van der Waals surface area (Å²) in [6, 6.07) is 28.0. The van der Waals surface area contributed by atoms with Crippen LogP contribution in [0.3, 0.4) is 0 Å². The standard InChI is InChI=1S/C36H20F5N3/c37-32-26(21-42)34(43-27-13-5-1-9-22(27)17-18-23-10-2-6-14-28(23)43)31(36(39,40)41)35(33(32)38)44-29-15-7-3-11-24(29)19-20-25-12-4-8-16-30(25)44/h1-20H. The quantitative estimate of drug-likeness (QED) is 0.188. The van der Waals surface area contributed by atoms with E-state index in [0.29, 0.717) is 22.3 Å². The fourth-order valence-corrected chi connectivity index (χ4v) is 5.90. The molecule has 0 bridgehead atoms. The first kappa shape index (κ1) is 27.2. The molecule has 5 aromatic carbocycles. The number of fused-ring (bicyclic) bond motifs is 4. The summed E-state index contributed by atoms with van der Waals surface area (Å²) >= 11 is 0. The smallest absolute Gasteiger partial charge is 0.307 e. The van der Waals surface area contributed by atoms with E-state index >= 15 is 22.0 Å². The Morgan fingerprint density at radius 3 is 1.18 bits per heavy atom. The van der Waals surface area contributed by atoms with Gasteiger partial charge in [0.2, 0.25) is 0 Å². The Hall–Kier alpha value is -5.68. The molecule has 0 unspecified atom stereocenters. The normalized spacial score (nSPS) is 13.3. The zero-order chi connectivity index (χ0) is 30.6. The number of anilines is 6. The average molecular weight is 590 g/mol. The largest absolute Gasteiger partial charge is 0.420 e. The first-order valence-electron chi connectivity index (χ1n) is 13.6. The third-order valence-corrected chi connectivity index (χ3v) is 7.77. The molecule has 0 saturated heterocycles. The second-order valence-corrected chi connectivity index (χ2v) is 10.3. The molecule has 5 aromatic rings. The number of rotatable bonds is 2. The van der Waals surface area contributed by atoms with Gasteiger partial charge in [-0.1, -0.05) is 97.1 Å². The van der Waals surface area contributed by atoms with E-state index < -0.39 is 40.3 Å². The molecule has 214 valence electrons. The molecule has 2 aliphatic heterocycles.